The molecule has 0 unspecified atom stereocenters. The third kappa shape index (κ3) is 4.15. The second kappa shape index (κ2) is 7.97. The normalized spacial score (nSPS) is 14.5. The molecule has 4 heteroatoms. The van der Waals surface area contributed by atoms with Crippen LogP contribution in [0.25, 0.3) is 0 Å². The summed E-state index contributed by atoms with van der Waals surface area (Å²) < 4.78 is 5.38. The Morgan fingerprint density at radius 3 is 2.50 bits per heavy atom. The van der Waals surface area contributed by atoms with Crippen LogP contribution in [0.1, 0.15) is 21.5 Å². The van der Waals surface area contributed by atoms with Gasteiger partial charge in [-0.2, -0.15) is 0 Å². The molecular weight excluding hydrogens is 300 g/mol. The summed E-state index contributed by atoms with van der Waals surface area (Å²) in [4.78, 5) is 14.5. The molecule has 0 radical (unpaired) electrons. The molecule has 24 heavy (non-hydrogen) atoms. The number of hydrogen-bond acceptors (Lipinski definition) is 3. The molecule has 1 amide bonds. The van der Waals surface area contributed by atoms with E-state index in [4.69, 9.17) is 4.74 Å². The number of ether oxygens (including phenoxy) is 1. The van der Waals surface area contributed by atoms with E-state index in [1.807, 2.05) is 31.2 Å². The van der Waals surface area contributed by atoms with Gasteiger partial charge in [0.05, 0.1) is 13.2 Å². The number of carbonyl (C=O) groups excluding carboxylic acids is 1. The summed E-state index contributed by atoms with van der Waals surface area (Å²) in [6, 6.07) is 16.3. The van der Waals surface area contributed by atoms with E-state index in [1.165, 1.54) is 11.3 Å². The van der Waals surface area contributed by atoms with Crippen molar-refractivity contribution in [1.29, 1.82) is 0 Å². The topological polar surface area (TPSA) is 41.6 Å². The van der Waals surface area contributed by atoms with Gasteiger partial charge in [0.25, 0.3) is 5.91 Å². The standard InChI is InChI=1S/C20H24N2O2/c1-16-4-2-3-5-19(16)20(23)21-11-10-17-6-8-18(9-7-17)22-12-14-24-15-13-22/h2-9H,10-15H2,1H3,(H,21,23). The summed E-state index contributed by atoms with van der Waals surface area (Å²) in [5.41, 5.74) is 4.23. The molecule has 1 aliphatic rings. The quantitative estimate of drug-likeness (QED) is 0.919. The highest BCUT2D eigenvalue weighted by atomic mass is 16.5. The fourth-order valence-electron chi connectivity index (χ4n) is 2.94. The lowest BCUT2D eigenvalue weighted by molar-refractivity contribution is 0.0953. The third-order valence-corrected chi connectivity index (χ3v) is 4.40. The highest BCUT2D eigenvalue weighted by Crippen LogP contribution is 2.16. The highest BCUT2D eigenvalue weighted by Gasteiger charge is 2.11. The largest absolute Gasteiger partial charge is 0.378 e. The Morgan fingerprint density at radius 2 is 1.79 bits per heavy atom. The number of hydrogen-bond donors (Lipinski definition) is 1. The van der Waals surface area contributed by atoms with Gasteiger partial charge >= 0.3 is 0 Å². The second-order valence-corrected chi connectivity index (χ2v) is 6.09. The van der Waals surface area contributed by atoms with Crippen LogP contribution in [0, 0.1) is 6.92 Å². The van der Waals surface area contributed by atoms with Crippen LogP contribution in [0.3, 0.4) is 0 Å². The predicted molar refractivity (Wildman–Crippen MR) is 96.7 cm³/mol. The van der Waals surface area contributed by atoms with Crippen molar-refractivity contribution in [2.24, 2.45) is 0 Å². The van der Waals surface area contributed by atoms with Crippen LogP contribution < -0.4 is 10.2 Å². The van der Waals surface area contributed by atoms with Gasteiger partial charge in [0.15, 0.2) is 0 Å². The van der Waals surface area contributed by atoms with E-state index in [0.717, 1.165) is 43.9 Å². The molecule has 1 saturated heterocycles. The molecule has 4 nitrogen and oxygen atoms in total. The predicted octanol–water partition coefficient (Wildman–Crippen LogP) is 2.80. The minimum atomic E-state index is -0.00182. The molecule has 0 saturated carbocycles. The fourth-order valence-corrected chi connectivity index (χ4v) is 2.94. The number of carbonyl (C=O) groups is 1. The van der Waals surface area contributed by atoms with Gasteiger partial charge < -0.3 is 15.0 Å². The maximum atomic E-state index is 12.2. The first-order chi connectivity index (χ1) is 11.7. The van der Waals surface area contributed by atoms with Gasteiger partial charge in [-0.15, -0.1) is 0 Å². The van der Waals surface area contributed by atoms with E-state index in [9.17, 15) is 4.79 Å². The van der Waals surface area contributed by atoms with Crippen LogP contribution in [0.15, 0.2) is 48.5 Å². The number of amides is 1. The smallest absolute Gasteiger partial charge is 0.251 e. The van der Waals surface area contributed by atoms with E-state index < -0.39 is 0 Å². The molecule has 1 aliphatic heterocycles. The zero-order valence-corrected chi connectivity index (χ0v) is 14.1. The molecule has 0 bridgehead atoms. The van der Waals surface area contributed by atoms with Gasteiger partial charge in [-0.1, -0.05) is 30.3 Å². The molecule has 2 aromatic carbocycles. The van der Waals surface area contributed by atoms with Crippen molar-refractivity contribution >= 4 is 11.6 Å². The van der Waals surface area contributed by atoms with Gasteiger partial charge in [-0.25, -0.2) is 0 Å². The van der Waals surface area contributed by atoms with Crippen molar-refractivity contribution in [3.05, 3.63) is 65.2 Å². The van der Waals surface area contributed by atoms with Crippen molar-refractivity contribution in [3.8, 4) is 0 Å². The number of benzene rings is 2. The lowest BCUT2D eigenvalue weighted by Gasteiger charge is -2.28. The number of nitrogens with one attached hydrogen (secondary N) is 1. The molecule has 1 N–H and O–H groups in total. The molecular formula is C20H24N2O2. The van der Waals surface area contributed by atoms with Crippen LogP contribution >= 0.6 is 0 Å². The van der Waals surface area contributed by atoms with Gasteiger partial charge in [0, 0.05) is 30.9 Å². The van der Waals surface area contributed by atoms with E-state index in [-0.39, 0.29) is 5.91 Å². The third-order valence-electron chi connectivity index (χ3n) is 4.40. The molecule has 0 atom stereocenters. The lowest BCUT2D eigenvalue weighted by atomic mass is 10.1. The van der Waals surface area contributed by atoms with E-state index in [0.29, 0.717) is 6.54 Å². The van der Waals surface area contributed by atoms with Crippen molar-refractivity contribution < 1.29 is 9.53 Å². The summed E-state index contributed by atoms with van der Waals surface area (Å²) in [6.45, 7) is 6.10. The lowest BCUT2D eigenvalue weighted by Crippen LogP contribution is -2.36. The Balaban J connectivity index is 1.50. The molecule has 1 heterocycles. The Hall–Kier alpha value is -2.33. The SMILES string of the molecule is Cc1ccccc1C(=O)NCCc1ccc(N2CCOCC2)cc1. The zero-order chi connectivity index (χ0) is 16.8. The molecule has 0 spiro atoms. The first-order valence-corrected chi connectivity index (χ1v) is 8.49. The Labute approximate surface area is 143 Å². The molecule has 1 fully saturated rings. The van der Waals surface area contributed by atoms with Crippen molar-refractivity contribution in [2.75, 3.05) is 37.7 Å². The van der Waals surface area contributed by atoms with Gasteiger partial charge in [0.2, 0.25) is 0 Å². The number of morpholine rings is 1. The number of anilines is 1. The van der Waals surface area contributed by atoms with Gasteiger partial charge in [-0.3, -0.25) is 4.79 Å². The van der Waals surface area contributed by atoms with Gasteiger partial charge in [0.1, 0.15) is 0 Å². The molecule has 0 aromatic heterocycles. The summed E-state index contributed by atoms with van der Waals surface area (Å²) in [5.74, 6) is -0.00182. The Kier molecular flexibility index (Phi) is 5.49. The monoisotopic (exact) mass is 324 g/mol. The summed E-state index contributed by atoms with van der Waals surface area (Å²) in [6.07, 6.45) is 0.834. The molecule has 3 rings (SSSR count). The van der Waals surface area contributed by atoms with Crippen LogP contribution in [0.4, 0.5) is 5.69 Å². The average Bonchev–Trinajstić information content (AvgIpc) is 2.63. The minimum Gasteiger partial charge on any atom is -0.378 e. The van der Waals surface area contributed by atoms with E-state index >= 15 is 0 Å². The zero-order valence-electron chi connectivity index (χ0n) is 14.1. The molecule has 0 aliphatic carbocycles. The second-order valence-electron chi connectivity index (χ2n) is 6.09. The van der Waals surface area contributed by atoms with Gasteiger partial charge in [-0.05, 0) is 42.7 Å². The first kappa shape index (κ1) is 16.5. The first-order valence-electron chi connectivity index (χ1n) is 8.49. The van der Waals surface area contributed by atoms with E-state index in [2.05, 4.69) is 34.5 Å². The van der Waals surface area contributed by atoms with Crippen LogP contribution in [-0.2, 0) is 11.2 Å². The van der Waals surface area contributed by atoms with Crippen LogP contribution in [0.5, 0.6) is 0 Å². The van der Waals surface area contributed by atoms with E-state index in [1.54, 1.807) is 0 Å². The molecule has 126 valence electrons. The maximum absolute atomic E-state index is 12.2. The highest BCUT2D eigenvalue weighted by molar-refractivity contribution is 5.95. The summed E-state index contributed by atoms with van der Waals surface area (Å²) in [5, 5.41) is 3.00. The summed E-state index contributed by atoms with van der Waals surface area (Å²) in [7, 11) is 0. The Morgan fingerprint density at radius 1 is 1.08 bits per heavy atom. The number of aryl methyl sites for hydroxylation is 1. The van der Waals surface area contributed by atoms with Crippen molar-refractivity contribution in [3.63, 3.8) is 0 Å². The maximum Gasteiger partial charge on any atom is 0.251 e. The summed E-state index contributed by atoms with van der Waals surface area (Å²) >= 11 is 0. The van der Waals surface area contributed by atoms with Crippen molar-refractivity contribution in [1.82, 2.24) is 5.32 Å². The molecule has 2 aromatic rings. The van der Waals surface area contributed by atoms with Crippen LogP contribution in [0.2, 0.25) is 0 Å². The average molecular weight is 324 g/mol. The Bertz CT molecular complexity index is 676. The minimum absolute atomic E-state index is 0.00182. The fraction of sp³-hybridized carbons (Fsp3) is 0.350. The van der Waals surface area contributed by atoms with Crippen LogP contribution in [-0.4, -0.2) is 38.8 Å². The number of rotatable bonds is 5. The number of nitrogens with zero attached hydrogens (tertiary/aromatic N) is 1. The van der Waals surface area contributed by atoms with Crippen molar-refractivity contribution in [2.45, 2.75) is 13.3 Å².